The largest absolute Gasteiger partial charge is 0.468 e. The van der Waals surface area contributed by atoms with Crippen LogP contribution in [0.2, 0.25) is 5.02 Å². The first-order valence-corrected chi connectivity index (χ1v) is 6.38. The lowest BCUT2D eigenvalue weighted by Crippen LogP contribution is -2.02. The molecule has 2 heterocycles. The number of aryl methyl sites for hydroxylation is 1. The summed E-state index contributed by atoms with van der Waals surface area (Å²) in [6.45, 7) is 4.67. The Hall–Kier alpha value is -1.20. The number of nitrogens with zero attached hydrogens (tertiary/aromatic N) is 2. The van der Waals surface area contributed by atoms with Gasteiger partial charge in [0.05, 0.1) is 22.4 Å². The molecule has 17 heavy (non-hydrogen) atoms. The second-order valence-electron chi connectivity index (χ2n) is 3.32. The van der Waals surface area contributed by atoms with Crippen molar-refractivity contribution in [2.45, 2.75) is 23.8 Å². The van der Waals surface area contributed by atoms with Crippen molar-refractivity contribution >= 4 is 29.3 Å². The van der Waals surface area contributed by atoms with Crippen LogP contribution >= 0.6 is 23.4 Å². The van der Waals surface area contributed by atoms with Gasteiger partial charge in [0.1, 0.15) is 10.8 Å². The van der Waals surface area contributed by atoms with Gasteiger partial charge in [-0.15, -0.1) is 0 Å². The minimum Gasteiger partial charge on any atom is -0.468 e. The third-order valence-corrected chi connectivity index (χ3v) is 3.60. The lowest BCUT2D eigenvalue weighted by atomic mass is 10.5. The van der Waals surface area contributed by atoms with Gasteiger partial charge >= 0.3 is 0 Å². The molecule has 0 spiro atoms. The Labute approximate surface area is 109 Å². The molecule has 2 rings (SSSR count). The van der Waals surface area contributed by atoms with Crippen LogP contribution in [0.4, 0.5) is 5.95 Å². The van der Waals surface area contributed by atoms with Crippen LogP contribution in [0.25, 0.3) is 0 Å². The van der Waals surface area contributed by atoms with Crippen molar-refractivity contribution < 1.29 is 4.42 Å². The molecule has 0 aliphatic carbocycles. The summed E-state index contributed by atoms with van der Waals surface area (Å²) in [6, 6.07) is 1.89. The zero-order valence-electron chi connectivity index (χ0n) is 9.53. The Morgan fingerprint density at radius 3 is 3.00 bits per heavy atom. The van der Waals surface area contributed by atoms with Crippen molar-refractivity contribution in [1.29, 1.82) is 0 Å². The Balaban J connectivity index is 2.25. The molecule has 90 valence electrons. The molecule has 4 nitrogen and oxygen atoms in total. The van der Waals surface area contributed by atoms with Gasteiger partial charge in [-0.2, -0.15) is 0 Å². The van der Waals surface area contributed by atoms with Crippen LogP contribution in [0.3, 0.4) is 0 Å². The van der Waals surface area contributed by atoms with Gasteiger partial charge in [-0.25, -0.2) is 9.97 Å². The quantitative estimate of drug-likeness (QED) is 0.859. The predicted octanol–water partition coefficient (Wildman–Crippen LogP) is 3.61. The normalized spacial score (nSPS) is 10.5. The van der Waals surface area contributed by atoms with E-state index in [0.29, 0.717) is 11.0 Å². The number of rotatable bonds is 4. The molecule has 0 atom stereocenters. The fourth-order valence-corrected chi connectivity index (χ4v) is 2.26. The third kappa shape index (κ3) is 2.92. The summed E-state index contributed by atoms with van der Waals surface area (Å²) in [5.41, 5.74) is 0. The number of aromatic nitrogens is 2. The summed E-state index contributed by atoms with van der Waals surface area (Å²) in [6.07, 6.45) is 3.25. The first-order chi connectivity index (χ1) is 8.20. The standard InChI is InChI=1S/C11H12ClN3OS/c1-3-13-11-14-6-8(12)10(15-11)17-9-4-5-16-7(9)2/h4-6H,3H2,1-2H3,(H,13,14,15). The first kappa shape index (κ1) is 12.3. The lowest BCUT2D eigenvalue weighted by molar-refractivity contribution is 0.527. The molecule has 0 bridgehead atoms. The first-order valence-electron chi connectivity index (χ1n) is 5.19. The van der Waals surface area contributed by atoms with Gasteiger partial charge in [-0.1, -0.05) is 23.4 Å². The highest BCUT2D eigenvalue weighted by Crippen LogP contribution is 2.34. The molecule has 0 aromatic carbocycles. The van der Waals surface area contributed by atoms with Gasteiger partial charge in [-0.05, 0) is 19.9 Å². The molecule has 0 saturated carbocycles. The van der Waals surface area contributed by atoms with Crippen molar-refractivity contribution in [3.05, 3.63) is 29.3 Å². The van der Waals surface area contributed by atoms with Crippen LogP contribution in [0, 0.1) is 6.92 Å². The Kier molecular flexibility index (Phi) is 3.91. The smallest absolute Gasteiger partial charge is 0.223 e. The van der Waals surface area contributed by atoms with Gasteiger partial charge in [-0.3, -0.25) is 0 Å². The molecular weight excluding hydrogens is 258 g/mol. The van der Waals surface area contributed by atoms with Gasteiger partial charge in [0.2, 0.25) is 5.95 Å². The Morgan fingerprint density at radius 1 is 1.53 bits per heavy atom. The predicted molar refractivity (Wildman–Crippen MR) is 68.8 cm³/mol. The van der Waals surface area contributed by atoms with E-state index in [9.17, 15) is 0 Å². The van der Waals surface area contributed by atoms with Crippen molar-refractivity contribution in [1.82, 2.24) is 9.97 Å². The Morgan fingerprint density at radius 2 is 2.35 bits per heavy atom. The minimum atomic E-state index is 0.539. The molecular formula is C11H12ClN3OS. The van der Waals surface area contributed by atoms with Crippen molar-refractivity contribution in [2.24, 2.45) is 0 Å². The average Bonchev–Trinajstić information content (AvgIpc) is 2.70. The highest BCUT2D eigenvalue weighted by atomic mass is 35.5. The fourth-order valence-electron chi connectivity index (χ4n) is 1.25. The highest BCUT2D eigenvalue weighted by molar-refractivity contribution is 7.99. The van der Waals surface area contributed by atoms with Gasteiger partial charge in [0, 0.05) is 6.54 Å². The van der Waals surface area contributed by atoms with Crippen LogP contribution in [-0.4, -0.2) is 16.5 Å². The molecule has 0 radical (unpaired) electrons. The van der Waals surface area contributed by atoms with Crippen LogP contribution in [0.5, 0.6) is 0 Å². The molecule has 0 saturated heterocycles. The van der Waals surface area contributed by atoms with E-state index in [4.69, 9.17) is 16.0 Å². The topological polar surface area (TPSA) is 51.0 Å². The molecule has 0 aliphatic heterocycles. The minimum absolute atomic E-state index is 0.539. The molecule has 2 aromatic heterocycles. The summed E-state index contributed by atoms with van der Waals surface area (Å²) in [4.78, 5) is 9.44. The maximum Gasteiger partial charge on any atom is 0.223 e. The molecule has 0 amide bonds. The molecule has 2 aromatic rings. The average molecular weight is 270 g/mol. The molecule has 6 heteroatoms. The van der Waals surface area contributed by atoms with Crippen LogP contribution in [-0.2, 0) is 0 Å². The van der Waals surface area contributed by atoms with E-state index in [0.717, 1.165) is 22.2 Å². The van der Waals surface area contributed by atoms with E-state index in [-0.39, 0.29) is 0 Å². The van der Waals surface area contributed by atoms with Gasteiger partial charge in [0.15, 0.2) is 0 Å². The van der Waals surface area contributed by atoms with E-state index in [1.165, 1.54) is 11.8 Å². The van der Waals surface area contributed by atoms with Crippen molar-refractivity contribution in [2.75, 3.05) is 11.9 Å². The lowest BCUT2D eigenvalue weighted by Gasteiger charge is -2.05. The zero-order chi connectivity index (χ0) is 12.3. The number of hydrogen-bond acceptors (Lipinski definition) is 5. The van der Waals surface area contributed by atoms with E-state index in [1.54, 1.807) is 12.5 Å². The number of anilines is 1. The van der Waals surface area contributed by atoms with Crippen LogP contribution < -0.4 is 5.32 Å². The Bertz CT molecular complexity index is 515. The summed E-state index contributed by atoms with van der Waals surface area (Å²) in [5, 5.41) is 4.32. The van der Waals surface area contributed by atoms with E-state index in [1.807, 2.05) is 19.9 Å². The van der Waals surface area contributed by atoms with Crippen LogP contribution in [0.1, 0.15) is 12.7 Å². The van der Waals surface area contributed by atoms with E-state index >= 15 is 0 Å². The fraction of sp³-hybridized carbons (Fsp3) is 0.273. The van der Waals surface area contributed by atoms with Gasteiger partial charge in [0.25, 0.3) is 0 Å². The summed E-state index contributed by atoms with van der Waals surface area (Å²) in [7, 11) is 0. The number of furan rings is 1. The number of halogens is 1. The van der Waals surface area contributed by atoms with E-state index < -0.39 is 0 Å². The summed E-state index contributed by atoms with van der Waals surface area (Å²) in [5.74, 6) is 1.44. The SMILES string of the molecule is CCNc1ncc(Cl)c(Sc2ccoc2C)n1. The molecule has 0 unspecified atom stereocenters. The van der Waals surface area contributed by atoms with E-state index in [2.05, 4.69) is 15.3 Å². The maximum atomic E-state index is 6.06. The van der Waals surface area contributed by atoms with Crippen LogP contribution in [0.15, 0.2) is 32.9 Å². The summed E-state index contributed by atoms with van der Waals surface area (Å²) < 4.78 is 5.23. The highest BCUT2D eigenvalue weighted by Gasteiger charge is 2.10. The molecule has 0 aliphatic rings. The second-order valence-corrected chi connectivity index (χ2v) is 4.76. The molecule has 1 N–H and O–H groups in total. The monoisotopic (exact) mass is 269 g/mol. The van der Waals surface area contributed by atoms with Crippen molar-refractivity contribution in [3.63, 3.8) is 0 Å². The third-order valence-electron chi connectivity index (χ3n) is 2.06. The maximum absolute atomic E-state index is 6.06. The second kappa shape index (κ2) is 5.42. The zero-order valence-corrected chi connectivity index (χ0v) is 11.1. The number of hydrogen-bond donors (Lipinski definition) is 1. The van der Waals surface area contributed by atoms with Crippen molar-refractivity contribution in [3.8, 4) is 0 Å². The van der Waals surface area contributed by atoms with Gasteiger partial charge < -0.3 is 9.73 Å². The molecule has 0 fully saturated rings. The summed E-state index contributed by atoms with van der Waals surface area (Å²) >= 11 is 7.53. The number of nitrogens with one attached hydrogen (secondary N) is 1.